The first kappa shape index (κ1) is 20.1. The monoisotopic (exact) mass is 386 g/mol. The van der Waals surface area contributed by atoms with Gasteiger partial charge < -0.3 is 9.64 Å². The molecule has 140 valence electrons. The third-order valence-corrected chi connectivity index (χ3v) is 4.79. The van der Waals surface area contributed by atoms with Crippen molar-refractivity contribution in [1.82, 2.24) is 0 Å². The van der Waals surface area contributed by atoms with Crippen molar-refractivity contribution < 1.29 is 22.7 Å². The maximum Gasteiger partial charge on any atom is 0.338 e. The summed E-state index contributed by atoms with van der Waals surface area (Å²) in [5.74, 6) is -1.20. The van der Waals surface area contributed by atoms with Crippen LogP contribution in [0.1, 0.15) is 16.8 Å². The van der Waals surface area contributed by atoms with Crippen LogP contribution >= 0.6 is 0 Å². The van der Waals surface area contributed by atoms with Crippen molar-refractivity contribution in [2.24, 2.45) is 0 Å². The van der Waals surface area contributed by atoms with Gasteiger partial charge in [-0.15, -0.1) is 0 Å². The Morgan fingerprint density at radius 1 is 1.07 bits per heavy atom. The standard InChI is InChI=1S/C19H18N2O5S/c1-27(24,25)17-10-8-15(9-11-17)19(23)26-14-18(22)21(13-5-12-20)16-6-3-2-4-7-16/h2-4,6-11H,5,13-14H2,1H3. The van der Waals surface area contributed by atoms with Crippen molar-refractivity contribution in [3.8, 4) is 6.07 Å². The van der Waals surface area contributed by atoms with Crippen LogP contribution in [0, 0.1) is 11.3 Å². The van der Waals surface area contributed by atoms with E-state index in [0.29, 0.717) is 5.69 Å². The topological polar surface area (TPSA) is 105 Å². The largest absolute Gasteiger partial charge is 0.452 e. The highest BCUT2D eigenvalue weighted by Crippen LogP contribution is 2.15. The number of amides is 1. The van der Waals surface area contributed by atoms with Crippen LogP contribution in [0.15, 0.2) is 59.5 Å². The Hall–Kier alpha value is -3.18. The van der Waals surface area contributed by atoms with Gasteiger partial charge in [-0.2, -0.15) is 5.26 Å². The fraction of sp³-hybridized carbons (Fsp3) is 0.211. The summed E-state index contributed by atoms with van der Waals surface area (Å²) >= 11 is 0. The summed E-state index contributed by atoms with van der Waals surface area (Å²) in [7, 11) is -3.36. The molecule has 0 radical (unpaired) electrons. The number of anilines is 1. The zero-order valence-electron chi connectivity index (χ0n) is 14.7. The highest BCUT2D eigenvalue weighted by atomic mass is 32.2. The number of esters is 1. The number of ether oxygens (including phenoxy) is 1. The number of para-hydroxylation sites is 1. The maximum atomic E-state index is 12.4. The second-order valence-electron chi connectivity index (χ2n) is 5.66. The molecular weight excluding hydrogens is 368 g/mol. The average Bonchev–Trinajstić information content (AvgIpc) is 2.66. The van der Waals surface area contributed by atoms with Crippen molar-refractivity contribution in [2.75, 3.05) is 24.3 Å². The normalized spacial score (nSPS) is 10.7. The smallest absolute Gasteiger partial charge is 0.338 e. The number of hydrogen-bond donors (Lipinski definition) is 0. The first-order valence-electron chi connectivity index (χ1n) is 8.02. The molecule has 2 rings (SSSR count). The van der Waals surface area contributed by atoms with Crippen LogP contribution < -0.4 is 4.90 Å². The molecule has 7 nitrogen and oxygen atoms in total. The van der Waals surface area contributed by atoms with Crippen molar-refractivity contribution in [3.63, 3.8) is 0 Å². The highest BCUT2D eigenvalue weighted by molar-refractivity contribution is 7.90. The summed E-state index contributed by atoms with van der Waals surface area (Å²) < 4.78 is 27.9. The lowest BCUT2D eigenvalue weighted by Crippen LogP contribution is -2.35. The predicted octanol–water partition coefficient (Wildman–Crippen LogP) is 2.19. The van der Waals surface area contributed by atoms with Crippen LogP contribution in [0.5, 0.6) is 0 Å². The Kier molecular flexibility index (Phi) is 6.68. The minimum atomic E-state index is -3.36. The molecule has 2 aromatic rings. The van der Waals surface area contributed by atoms with Gasteiger partial charge in [0, 0.05) is 18.5 Å². The minimum Gasteiger partial charge on any atom is -0.452 e. The van der Waals surface area contributed by atoms with Gasteiger partial charge in [0.05, 0.1) is 22.9 Å². The first-order valence-corrected chi connectivity index (χ1v) is 9.91. The molecule has 27 heavy (non-hydrogen) atoms. The molecule has 0 aliphatic rings. The maximum absolute atomic E-state index is 12.4. The molecule has 0 saturated heterocycles. The molecule has 2 aromatic carbocycles. The molecule has 0 aromatic heterocycles. The number of carbonyl (C=O) groups excluding carboxylic acids is 2. The molecular formula is C19H18N2O5S. The molecule has 0 aliphatic heterocycles. The molecule has 0 aliphatic carbocycles. The second-order valence-corrected chi connectivity index (χ2v) is 7.68. The second kappa shape index (κ2) is 8.96. The Balaban J connectivity index is 2.04. The van der Waals surface area contributed by atoms with Crippen molar-refractivity contribution in [1.29, 1.82) is 5.26 Å². The predicted molar refractivity (Wildman–Crippen MR) is 98.9 cm³/mol. The van der Waals surface area contributed by atoms with E-state index in [1.165, 1.54) is 29.2 Å². The number of nitrogens with zero attached hydrogens (tertiary/aromatic N) is 2. The van der Waals surface area contributed by atoms with Gasteiger partial charge in [0.15, 0.2) is 16.4 Å². The Morgan fingerprint density at radius 3 is 2.26 bits per heavy atom. The highest BCUT2D eigenvalue weighted by Gasteiger charge is 2.18. The Morgan fingerprint density at radius 2 is 1.70 bits per heavy atom. The van der Waals surface area contributed by atoms with Crippen molar-refractivity contribution >= 4 is 27.4 Å². The SMILES string of the molecule is CS(=O)(=O)c1ccc(C(=O)OCC(=O)N(CCC#N)c2ccccc2)cc1. The van der Waals surface area contributed by atoms with E-state index < -0.39 is 28.3 Å². The van der Waals surface area contributed by atoms with Gasteiger partial charge in [0.25, 0.3) is 5.91 Å². The summed E-state index contributed by atoms with van der Waals surface area (Å²) in [6.45, 7) is -0.313. The minimum absolute atomic E-state index is 0.0851. The molecule has 0 N–H and O–H groups in total. The first-order chi connectivity index (χ1) is 12.8. The van der Waals surface area contributed by atoms with Gasteiger partial charge in [0.2, 0.25) is 0 Å². The Labute approximate surface area is 157 Å². The summed E-state index contributed by atoms with van der Waals surface area (Å²) in [5, 5.41) is 8.77. The molecule has 1 amide bonds. The van der Waals surface area contributed by atoms with Crippen LogP contribution in [0.3, 0.4) is 0 Å². The van der Waals surface area contributed by atoms with Crippen molar-refractivity contribution in [2.45, 2.75) is 11.3 Å². The Bertz CT molecular complexity index is 948. The molecule has 0 saturated carbocycles. The summed E-state index contributed by atoms with van der Waals surface area (Å²) in [5.41, 5.74) is 0.741. The van der Waals surface area contributed by atoms with Gasteiger partial charge in [-0.3, -0.25) is 4.79 Å². The summed E-state index contributed by atoms with van der Waals surface area (Å²) in [4.78, 5) is 26.0. The van der Waals surface area contributed by atoms with E-state index in [1.54, 1.807) is 30.3 Å². The number of carbonyl (C=O) groups is 2. The molecule has 8 heteroatoms. The third kappa shape index (κ3) is 5.66. The van der Waals surface area contributed by atoms with Gasteiger partial charge >= 0.3 is 5.97 Å². The number of nitriles is 1. The lowest BCUT2D eigenvalue weighted by atomic mass is 10.2. The molecule has 0 spiro atoms. The molecule has 0 heterocycles. The van der Waals surface area contributed by atoms with Gasteiger partial charge in [-0.25, -0.2) is 13.2 Å². The van der Waals surface area contributed by atoms with Crippen LogP contribution in [0.2, 0.25) is 0 Å². The van der Waals surface area contributed by atoms with Crippen LogP contribution in [-0.4, -0.2) is 39.7 Å². The zero-order chi connectivity index (χ0) is 19.9. The van der Waals surface area contributed by atoms with Crippen LogP contribution in [-0.2, 0) is 19.4 Å². The fourth-order valence-electron chi connectivity index (χ4n) is 2.29. The van der Waals surface area contributed by atoms with E-state index in [4.69, 9.17) is 10.00 Å². The van der Waals surface area contributed by atoms with E-state index in [0.717, 1.165) is 6.26 Å². The number of hydrogen-bond acceptors (Lipinski definition) is 6. The van der Waals surface area contributed by atoms with E-state index in [9.17, 15) is 18.0 Å². The number of benzene rings is 2. The fourth-order valence-corrected chi connectivity index (χ4v) is 2.92. The van der Waals surface area contributed by atoms with Crippen molar-refractivity contribution in [3.05, 3.63) is 60.2 Å². The quantitative estimate of drug-likeness (QED) is 0.676. The average molecular weight is 386 g/mol. The van der Waals surface area contributed by atoms with Gasteiger partial charge in [-0.1, -0.05) is 18.2 Å². The van der Waals surface area contributed by atoms with E-state index in [2.05, 4.69) is 0 Å². The van der Waals surface area contributed by atoms with E-state index in [1.807, 2.05) is 6.07 Å². The van der Waals surface area contributed by atoms with Gasteiger partial charge in [0.1, 0.15) is 0 Å². The summed E-state index contributed by atoms with van der Waals surface area (Å²) in [6, 6.07) is 16.0. The van der Waals surface area contributed by atoms with E-state index in [-0.39, 0.29) is 23.4 Å². The zero-order valence-corrected chi connectivity index (χ0v) is 15.5. The number of sulfone groups is 1. The summed E-state index contributed by atoms with van der Waals surface area (Å²) in [6.07, 6.45) is 1.21. The molecule has 0 unspecified atom stereocenters. The lowest BCUT2D eigenvalue weighted by Gasteiger charge is -2.21. The molecule has 0 bridgehead atoms. The van der Waals surface area contributed by atoms with Crippen LogP contribution in [0.4, 0.5) is 5.69 Å². The number of rotatable bonds is 7. The molecule has 0 fully saturated rings. The van der Waals surface area contributed by atoms with E-state index >= 15 is 0 Å². The third-order valence-electron chi connectivity index (χ3n) is 3.66. The van der Waals surface area contributed by atoms with Gasteiger partial charge in [-0.05, 0) is 36.4 Å². The lowest BCUT2D eigenvalue weighted by molar-refractivity contribution is -0.121. The molecule has 0 atom stereocenters. The van der Waals surface area contributed by atoms with Crippen LogP contribution in [0.25, 0.3) is 0 Å².